The summed E-state index contributed by atoms with van der Waals surface area (Å²) in [6.07, 6.45) is -3.38. The van der Waals surface area contributed by atoms with Gasteiger partial charge in [-0.25, -0.2) is 0 Å². The van der Waals surface area contributed by atoms with Crippen molar-refractivity contribution in [3.8, 4) is 12.3 Å². The fourth-order valence-electron chi connectivity index (χ4n) is 9.11. The molecule has 0 aliphatic carbocycles. The lowest BCUT2D eigenvalue weighted by Crippen LogP contribution is -2.61. The normalized spacial score (nSPS) is 48.1. The van der Waals surface area contributed by atoms with Crippen molar-refractivity contribution in [2.24, 2.45) is 28.8 Å². The van der Waals surface area contributed by atoms with Crippen LogP contribution >= 0.6 is 0 Å². The fourth-order valence-corrected chi connectivity index (χ4v) is 9.11. The number of carbonyl (C=O) groups is 1. The van der Waals surface area contributed by atoms with Gasteiger partial charge < -0.3 is 58.5 Å². The van der Waals surface area contributed by atoms with Crippen LogP contribution < -0.4 is 0 Å². The predicted molar refractivity (Wildman–Crippen MR) is 203 cm³/mol. The molecular formula is C40H70N2O13. The largest absolute Gasteiger partial charge is 0.459 e. The molecule has 0 aromatic rings. The number of cyclic esters (lactones) is 1. The summed E-state index contributed by atoms with van der Waals surface area (Å²) in [5.41, 5.74) is -4.39. The van der Waals surface area contributed by atoms with E-state index in [1.165, 1.54) is 14.0 Å². The number of nitrogens with zero attached hydrogens (tertiary/aromatic N) is 2. The number of methoxy groups -OCH3 is 1. The summed E-state index contributed by atoms with van der Waals surface area (Å²) in [4.78, 5) is 28.9. The maximum Gasteiger partial charge on any atom is 0.311 e. The molecule has 55 heavy (non-hydrogen) atoms. The van der Waals surface area contributed by atoms with E-state index in [2.05, 4.69) is 11.1 Å². The Hall–Kier alpha value is -1.81. The van der Waals surface area contributed by atoms with Gasteiger partial charge in [-0.3, -0.25) is 4.79 Å². The molecule has 19 atom stereocenters. The molecule has 9 unspecified atom stereocenters. The van der Waals surface area contributed by atoms with Crippen LogP contribution in [0.2, 0.25) is 0 Å². The lowest BCUT2D eigenvalue weighted by atomic mass is 9.72. The number of carbonyl (C=O) groups excluding carboxylic acids is 1. The smallest absolute Gasteiger partial charge is 0.311 e. The van der Waals surface area contributed by atoms with Crippen LogP contribution in [-0.2, 0) is 38.0 Å². The molecular weight excluding hydrogens is 716 g/mol. The maximum atomic E-state index is 14.3. The van der Waals surface area contributed by atoms with Crippen LogP contribution in [0.15, 0.2) is 5.18 Å². The monoisotopic (exact) mass is 786 g/mol. The molecule has 15 heteroatoms. The summed E-state index contributed by atoms with van der Waals surface area (Å²) in [5.74, 6) is -1.51. The summed E-state index contributed by atoms with van der Waals surface area (Å²) >= 11 is 0. The molecule has 3 aliphatic heterocycles. The summed E-state index contributed by atoms with van der Waals surface area (Å²) in [5, 5.41) is 49.5. The summed E-state index contributed by atoms with van der Waals surface area (Å²) in [6.45, 7) is 16.9. The average Bonchev–Trinajstić information content (AvgIpc) is 3.12. The molecule has 318 valence electrons. The molecule has 3 heterocycles. The lowest BCUT2D eigenvalue weighted by molar-refractivity contribution is -0.320. The Bertz CT molecular complexity index is 1300. The van der Waals surface area contributed by atoms with E-state index in [-0.39, 0.29) is 38.0 Å². The first-order valence-corrected chi connectivity index (χ1v) is 19.7. The van der Waals surface area contributed by atoms with Gasteiger partial charge in [-0.1, -0.05) is 38.8 Å². The van der Waals surface area contributed by atoms with Gasteiger partial charge in [-0.15, -0.1) is 6.42 Å². The number of esters is 1. The number of aliphatic hydroxyl groups is 4. The van der Waals surface area contributed by atoms with Gasteiger partial charge in [-0.05, 0) is 80.8 Å². The third kappa shape index (κ3) is 10.4. The maximum absolute atomic E-state index is 14.3. The van der Waals surface area contributed by atoms with E-state index in [1.54, 1.807) is 48.5 Å². The van der Waals surface area contributed by atoms with Crippen molar-refractivity contribution < 1.29 is 58.4 Å². The molecule has 0 bridgehead atoms. The highest BCUT2D eigenvalue weighted by atomic mass is 16.7. The zero-order valence-electron chi connectivity index (χ0n) is 35.2. The highest BCUT2D eigenvalue weighted by molar-refractivity contribution is 5.73. The Balaban J connectivity index is 2.30. The van der Waals surface area contributed by atoms with Gasteiger partial charge in [0.2, 0.25) is 0 Å². The molecule has 15 nitrogen and oxygen atoms in total. The number of rotatable bonds is 10. The SMILES string of the molecule is C#CCO[C@@]1(C)C[C@@H](C)C(N=O)[C@H](C)C(O)[C@](C)(O)[C@@H](CC)OC(=O)[C@H](C)C(OC2C[C@@](C)(OC)C(O)[C@H](C)O2)[C@H](C)C1OC1O[C@H](C)CC(N(C)C)C1O. The Kier molecular flexibility index (Phi) is 16.7. The van der Waals surface area contributed by atoms with Crippen LogP contribution in [0.3, 0.4) is 0 Å². The first-order valence-electron chi connectivity index (χ1n) is 19.7. The van der Waals surface area contributed by atoms with Crippen LogP contribution in [0.5, 0.6) is 0 Å². The molecule has 3 aliphatic rings. The lowest BCUT2D eigenvalue weighted by Gasteiger charge is -2.50. The highest BCUT2D eigenvalue weighted by Gasteiger charge is 2.54. The first kappa shape index (κ1) is 47.6. The number of aliphatic hydroxyl groups excluding tert-OH is 3. The topological polar surface area (TPSA) is 195 Å². The number of likely N-dealkylation sites (N-methyl/N-ethyl adjacent to an activating group) is 1. The van der Waals surface area contributed by atoms with Crippen molar-refractivity contribution in [3.05, 3.63) is 4.91 Å². The minimum atomic E-state index is -1.97. The molecule has 3 rings (SSSR count). The molecule has 0 saturated carbocycles. The van der Waals surface area contributed by atoms with E-state index < -0.39 is 108 Å². The first-order chi connectivity index (χ1) is 25.5. The van der Waals surface area contributed by atoms with Gasteiger partial charge in [0.05, 0.1) is 53.7 Å². The van der Waals surface area contributed by atoms with Gasteiger partial charge in [0, 0.05) is 31.4 Å². The summed E-state index contributed by atoms with van der Waals surface area (Å²) in [6, 6.07) is -1.36. The molecule has 0 aromatic heterocycles. The van der Waals surface area contributed by atoms with Crippen molar-refractivity contribution in [1.82, 2.24) is 4.90 Å². The van der Waals surface area contributed by atoms with E-state index in [4.69, 9.17) is 39.6 Å². The molecule has 0 amide bonds. The Morgan fingerprint density at radius 3 is 2.15 bits per heavy atom. The van der Waals surface area contributed by atoms with Crippen LogP contribution in [0.4, 0.5) is 0 Å². The molecule has 0 spiro atoms. The summed E-state index contributed by atoms with van der Waals surface area (Å²) in [7, 11) is 5.23. The van der Waals surface area contributed by atoms with Crippen molar-refractivity contribution in [1.29, 1.82) is 0 Å². The third-order valence-corrected chi connectivity index (χ3v) is 12.6. The molecule has 3 saturated heterocycles. The Morgan fingerprint density at radius 1 is 0.964 bits per heavy atom. The van der Waals surface area contributed by atoms with Gasteiger partial charge in [-0.2, -0.15) is 4.91 Å². The molecule has 0 aromatic carbocycles. The second-order valence-corrected chi connectivity index (χ2v) is 17.3. The van der Waals surface area contributed by atoms with Crippen molar-refractivity contribution in [3.63, 3.8) is 0 Å². The quantitative estimate of drug-likeness (QED) is 0.143. The van der Waals surface area contributed by atoms with Crippen LogP contribution in [0.1, 0.15) is 94.9 Å². The summed E-state index contributed by atoms with van der Waals surface area (Å²) < 4.78 is 44.4. The third-order valence-electron chi connectivity index (χ3n) is 12.6. The minimum Gasteiger partial charge on any atom is -0.459 e. The van der Waals surface area contributed by atoms with E-state index in [9.17, 15) is 30.1 Å². The second-order valence-electron chi connectivity index (χ2n) is 17.3. The van der Waals surface area contributed by atoms with Gasteiger partial charge >= 0.3 is 5.97 Å². The van der Waals surface area contributed by atoms with Gasteiger partial charge in [0.1, 0.15) is 30.5 Å². The number of hydrogen-bond acceptors (Lipinski definition) is 15. The van der Waals surface area contributed by atoms with Crippen LogP contribution in [-0.4, -0.2) is 149 Å². The number of nitroso groups, excluding NO2 is 1. The zero-order valence-corrected chi connectivity index (χ0v) is 35.2. The van der Waals surface area contributed by atoms with E-state index in [1.807, 2.05) is 32.8 Å². The van der Waals surface area contributed by atoms with Gasteiger partial charge in [0.15, 0.2) is 12.6 Å². The van der Waals surface area contributed by atoms with Crippen molar-refractivity contribution in [2.75, 3.05) is 27.8 Å². The molecule has 4 N–H and O–H groups in total. The van der Waals surface area contributed by atoms with E-state index in [0.717, 1.165) is 0 Å². The fraction of sp³-hybridized carbons (Fsp3) is 0.925. The van der Waals surface area contributed by atoms with Crippen LogP contribution in [0, 0.1) is 40.9 Å². The molecule has 0 radical (unpaired) electrons. The minimum absolute atomic E-state index is 0.0996. The number of terminal acetylenes is 1. The predicted octanol–water partition coefficient (Wildman–Crippen LogP) is 3.01. The van der Waals surface area contributed by atoms with Gasteiger partial charge in [0.25, 0.3) is 0 Å². The number of ether oxygens (including phenoxy) is 7. The van der Waals surface area contributed by atoms with Crippen LogP contribution in [0.25, 0.3) is 0 Å². The standard InChI is InChI=1S/C40H70N2O13/c1-15-17-50-39(10)19-21(3)30(41-48)23(5)33(44)40(11,47)28(16-2)53-36(46)25(7)32(54-29-20-38(9,49-14)34(45)26(8)52-29)24(6)35(39)55-37-31(43)27(42(12)13)18-22(4)51-37/h1,21-35,37,43-45,47H,16-20H2,2-14H3/t21-,22-,23+,24+,25-,26+,27?,28-,29?,30?,31?,32?,33?,34?,35?,37?,38-,39+,40-/m1/s1. The van der Waals surface area contributed by atoms with E-state index >= 15 is 0 Å². The number of hydrogen-bond donors (Lipinski definition) is 4. The van der Waals surface area contributed by atoms with Crippen molar-refractivity contribution in [2.45, 2.75) is 185 Å². The van der Waals surface area contributed by atoms with Crippen molar-refractivity contribution >= 4 is 5.97 Å². The second kappa shape index (κ2) is 19.3. The highest BCUT2D eigenvalue weighted by Crippen LogP contribution is 2.43. The Labute approximate surface area is 328 Å². The molecule has 3 fully saturated rings. The van der Waals surface area contributed by atoms with E-state index in [0.29, 0.717) is 6.42 Å². The average molecular weight is 787 g/mol. The Morgan fingerprint density at radius 2 is 1.60 bits per heavy atom. The zero-order chi connectivity index (χ0) is 41.8.